The summed E-state index contributed by atoms with van der Waals surface area (Å²) in [4.78, 5) is 44.6. The Balaban J connectivity index is 1.55. The van der Waals surface area contributed by atoms with E-state index in [4.69, 9.17) is 9.26 Å². The van der Waals surface area contributed by atoms with Gasteiger partial charge in [-0.25, -0.2) is 9.78 Å². The van der Waals surface area contributed by atoms with Crippen LogP contribution < -0.4 is 5.32 Å². The van der Waals surface area contributed by atoms with E-state index >= 15 is 0 Å². The normalized spacial score (nSPS) is 11.0. The highest BCUT2D eigenvalue weighted by Crippen LogP contribution is 2.33. The van der Waals surface area contributed by atoms with Crippen molar-refractivity contribution in [1.82, 2.24) is 15.5 Å². The van der Waals surface area contributed by atoms with Gasteiger partial charge in [0.1, 0.15) is 0 Å². The van der Waals surface area contributed by atoms with E-state index in [0.29, 0.717) is 28.2 Å². The van der Waals surface area contributed by atoms with Crippen LogP contribution in [0.15, 0.2) is 28.8 Å². The number of aromatic nitrogens is 2. The molecular weight excluding hydrogens is 462 g/mol. The molecule has 0 unspecified atom stereocenters. The number of pyridine rings is 1. The molecule has 170 valence electrons. The molecule has 10 heteroatoms. The first-order valence-electron chi connectivity index (χ1n) is 10.1. The van der Waals surface area contributed by atoms with Gasteiger partial charge in [-0.15, -0.1) is 22.7 Å². The number of hydrogen-bond donors (Lipinski definition) is 1. The maximum atomic E-state index is 13.0. The molecule has 0 fully saturated rings. The summed E-state index contributed by atoms with van der Waals surface area (Å²) in [5.74, 6) is -1.12. The molecule has 0 aliphatic rings. The maximum absolute atomic E-state index is 13.0. The van der Waals surface area contributed by atoms with Crippen LogP contribution in [0.3, 0.4) is 0 Å². The molecule has 0 radical (unpaired) electrons. The molecule has 0 aliphatic carbocycles. The van der Waals surface area contributed by atoms with Crippen molar-refractivity contribution in [3.05, 3.63) is 55.0 Å². The number of esters is 1. The number of aryl methyl sites for hydroxylation is 3. The first-order valence-corrected chi connectivity index (χ1v) is 11.7. The van der Waals surface area contributed by atoms with E-state index in [1.54, 1.807) is 36.5 Å². The molecule has 0 saturated heterocycles. The lowest BCUT2D eigenvalue weighted by atomic mass is 10.1. The van der Waals surface area contributed by atoms with Crippen LogP contribution in [0.5, 0.6) is 0 Å². The molecule has 4 heterocycles. The molecule has 1 N–H and O–H groups in total. The van der Waals surface area contributed by atoms with Crippen molar-refractivity contribution in [2.75, 3.05) is 6.61 Å². The Bertz CT molecular complexity index is 1380. The van der Waals surface area contributed by atoms with Gasteiger partial charge in [-0.05, 0) is 45.0 Å². The van der Waals surface area contributed by atoms with Gasteiger partial charge in [0.25, 0.3) is 5.71 Å². The van der Waals surface area contributed by atoms with Crippen LogP contribution in [-0.2, 0) is 16.1 Å². The van der Waals surface area contributed by atoms with Crippen LogP contribution in [-0.4, -0.2) is 34.4 Å². The predicted molar refractivity (Wildman–Crippen MR) is 126 cm³/mol. The highest BCUT2D eigenvalue weighted by Gasteiger charge is 2.22. The topological polar surface area (TPSA) is 111 Å². The highest BCUT2D eigenvalue weighted by molar-refractivity contribution is 7.14. The molecule has 0 saturated carbocycles. The molecule has 1 amide bonds. The molecule has 0 spiro atoms. The standard InChI is InChI=1S/C23H21N3O5S2/c1-11-7-16(13(3)32-11)18-8-17(21-12(2)26-31-22(21)25-18)23(29)30-10-19(28)20-6-5-15(33-20)9-24-14(4)27/h5-8H,9-10H2,1-4H3,(H,24,27). The molecule has 4 rings (SSSR count). The van der Waals surface area contributed by atoms with E-state index in [0.717, 1.165) is 20.2 Å². The van der Waals surface area contributed by atoms with Gasteiger partial charge in [0.15, 0.2) is 6.61 Å². The lowest BCUT2D eigenvalue weighted by Gasteiger charge is -2.07. The van der Waals surface area contributed by atoms with Gasteiger partial charge in [-0.2, -0.15) is 0 Å². The summed E-state index contributed by atoms with van der Waals surface area (Å²) in [6.07, 6.45) is 0. The Morgan fingerprint density at radius 2 is 1.91 bits per heavy atom. The van der Waals surface area contributed by atoms with Gasteiger partial charge in [0, 0.05) is 27.1 Å². The monoisotopic (exact) mass is 483 g/mol. The number of thiophene rings is 2. The minimum Gasteiger partial charge on any atom is -0.454 e. The Labute approximate surface area is 197 Å². The van der Waals surface area contributed by atoms with E-state index in [1.165, 1.54) is 18.3 Å². The minimum absolute atomic E-state index is 0.148. The molecular formula is C23H21N3O5S2. The summed E-state index contributed by atoms with van der Waals surface area (Å²) < 4.78 is 10.7. The van der Waals surface area contributed by atoms with Gasteiger partial charge in [0.2, 0.25) is 11.7 Å². The molecule has 0 aromatic carbocycles. The molecule has 0 atom stereocenters. The number of nitrogens with one attached hydrogen (secondary N) is 1. The number of rotatable bonds is 7. The third kappa shape index (κ3) is 4.86. The second kappa shape index (κ2) is 9.24. The largest absolute Gasteiger partial charge is 0.454 e. The summed E-state index contributed by atoms with van der Waals surface area (Å²) in [5, 5.41) is 7.09. The van der Waals surface area contributed by atoms with Crippen molar-refractivity contribution in [1.29, 1.82) is 0 Å². The first-order chi connectivity index (χ1) is 15.7. The van der Waals surface area contributed by atoms with Crippen LogP contribution in [0.2, 0.25) is 0 Å². The quantitative estimate of drug-likeness (QED) is 0.302. The van der Waals surface area contributed by atoms with E-state index in [9.17, 15) is 14.4 Å². The summed E-state index contributed by atoms with van der Waals surface area (Å²) in [6, 6.07) is 7.09. The number of amides is 1. The molecule has 4 aromatic rings. The molecule has 4 aromatic heterocycles. The number of ether oxygens (including phenoxy) is 1. The van der Waals surface area contributed by atoms with Gasteiger partial charge in [0.05, 0.1) is 33.8 Å². The molecule has 0 bridgehead atoms. The van der Waals surface area contributed by atoms with Crippen molar-refractivity contribution in [2.45, 2.75) is 34.2 Å². The van der Waals surface area contributed by atoms with Crippen LogP contribution in [0.4, 0.5) is 0 Å². The van der Waals surface area contributed by atoms with E-state index in [1.807, 2.05) is 19.9 Å². The number of ketones is 1. The second-order valence-electron chi connectivity index (χ2n) is 7.51. The van der Waals surface area contributed by atoms with Crippen LogP contribution >= 0.6 is 22.7 Å². The van der Waals surface area contributed by atoms with Crippen molar-refractivity contribution in [2.24, 2.45) is 0 Å². The van der Waals surface area contributed by atoms with Gasteiger partial charge < -0.3 is 14.6 Å². The van der Waals surface area contributed by atoms with Crippen molar-refractivity contribution < 1.29 is 23.6 Å². The molecule has 0 aliphatic heterocycles. The Kier molecular flexibility index (Phi) is 6.39. The Morgan fingerprint density at radius 1 is 1.12 bits per heavy atom. The van der Waals surface area contributed by atoms with Gasteiger partial charge >= 0.3 is 5.97 Å². The Hall–Kier alpha value is -3.37. The fourth-order valence-corrected chi connectivity index (χ4v) is 5.20. The van der Waals surface area contributed by atoms with Gasteiger partial charge in [-0.3, -0.25) is 9.59 Å². The third-order valence-corrected chi connectivity index (χ3v) is 7.03. The van der Waals surface area contributed by atoms with Gasteiger partial charge in [-0.1, -0.05) is 5.16 Å². The zero-order valence-electron chi connectivity index (χ0n) is 18.5. The van der Waals surface area contributed by atoms with E-state index in [-0.39, 0.29) is 23.0 Å². The average molecular weight is 484 g/mol. The lowest BCUT2D eigenvalue weighted by Crippen LogP contribution is -2.18. The zero-order chi connectivity index (χ0) is 23.7. The van der Waals surface area contributed by atoms with E-state index in [2.05, 4.69) is 15.5 Å². The van der Waals surface area contributed by atoms with Crippen molar-refractivity contribution >= 4 is 51.4 Å². The number of carbonyl (C=O) groups excluding carboxylic acids is 3. The zero-order valence-corrected chi connectivity index (χ0v) is 20.1. The molecule has 33 heavy (non-hydrogen) atoms. The maximum Gasteiger partial charge on any atom is 0.339 e. The van der Waals surface area contributed by atoms with Crippen LogP contribution in [0.1, 0.15) is 47.3 Å². The second-order valence-corrected chi connectivity index (χ2v) is 10.1. The SMILES string of the molecule is CC(=O)NCc1ccc(C(=O)COC(=O)c2cc(-c3cc(C)sc3C)nc3onc(C)c23)s1. The highest BCUT2D eigenvalue weighted by atomic mass is 32.1. The number of carbonyl (C=O) groups is 3. The lowest BCUT2D eigenvalue weighted by molar-refractivity contribution is -0.119. The first kappa shape index (κ1) is 22.8. The third-order valence-electron chi connectivity index (χ3n) is 4.94. The average Bonchev–Trinajstić information content (AvgIpc) is 3.48. The number of fused-ring (bicyclic) bond motifs is 1. The summed E-state index contributed by atoms with van der Waals surface area (Å²) in [5.41, 5.74) is 2.50. The Morgan fingerprint density at radius 3 is 2.61 bits per heavy atom. The summed E-state index contributed by atoms with van der Waals surface area (Å²) >= 11 is 2.89. The number of hydrogen-bond acceptors (Lipinski definition) is 9. The summed E-state index contributed by atoms with van der Waals surface area (Å²) in [7, 11) is 0. The van der Waals surface area contributed by atoms with Crippen LogP contribution in [0, 0.1) is 20.8 Å². The smallest absolute Gasteiger partial charge is 0.339 e. The van der Waals surface area contributed by atoms with Crippen molar-refractivity contribution in [3.63, 3.8) is 0 Å². The van der Waals surface area contributed by atoms with E-state index < -0.39 is 12.6 Å². The fraction of sp³-hybridized carbons (Fsp3) is 0.261. The van der Waals surface area contributed by atoms with Crippen molar-refractivity contribution in [3.8, 4) is 11.3 Å². The number of nitrogens with zero attached hydrogens (tertiary/aromatic N) is 2. The van der Waals surface area contributed by atoms with Crippen LogP contribution in [0.25, 0.3) is 22.4 Å². The molecule has 8 nitrogen and oxygen atoms in total. The predicted octanol–water partition coefficient (Wildman–Crippen LogP) is 4.61. The fourth-order valence-electron chi connectivity index (χ4n) is 3.39. The summed E-state index contributed by atoms with van der Waals surface area (Å²) in [6.45, 7) is 7.09. The minimum atomic E-state index is -0.650. The number of Topliss-reactive ketones (excluding diaryl/α,β-unsaturated/α-hetero) is 1.